The molecule has 2 aliphatic rings. The number of imidazole rings is 1. The highest BCUT2D eigenvalue weighted by Gasteiger charge is 2.26. The number of hydrogen-bond donors (Lipinski definition) is 0. The molecule has 9 rings (SSSR count). The zero-order valence-electron chi connectivity index (χ0n) is 18.8. The van der Waals surface area contributed by atoms with Gasteiger partial charge >= 0.3 is 0 Å². The van der Waals surface area contributed by atoms with Crippen molar-refractivity contribution in [3.8, 4) is 22.3 Å². The van der Waals surface area contributed by atoms with Crippen LogP contribution in [0.25, 0.3) is 60.7 Å². The van der Waals surface area contributed by atoms with Crippen molar-refractivity contribution in [3.63, 3.8) is 0 Å². The summed E-state index contributed by atoms with van der Waals surface area (Å²) in [7, 11) is 0. The molecular weight excluding hydrogens is 428 g/mol. The van der Waals surface area contributed by atoms with Crippen LogP contribution in [0.5, 0.6) is 0 Å². The van der Waals surface area contributed by atoms with Crippen LogP contribution < -0.4 is 0 Å². The normalized spacial score (nSPS) is 13.5. The molecule has 0 spiro atoms. The van der Waals surface area contributed by atoms with Gasteiger partial charge in [0.05, 0.1) is 16.6 Å². The molecule has 4 nitrogen and oxygen atoms in total. The first-order chi connectivity index (χ1) is 17.3. The lowest BCUT2D eigenvalue weighted by Crippen LogP contribution is -1.93. The number of pyridine rings is 3. The maximum Gasteiger partial charge on any atom is 0.165 e. The van der Waals surface area contributed by atoms with Crippen LogP contribution >= 0.6 is 0 Å². The molecule has 35 heavy (non-hydrogen) atoms. The summed E-state index contributed by atoms with van der Waals surface area (Å²) in [5, 5.41) is 2.19. The molecule has 4 aromatic heterocycles. The Morgan fingerprint density at radius 3 is 2.37 bits per heavy atom. The lowest BCUT2D eigenvalue weighted by atomic mass is 9.98. The zero-order chi connectivity index (χ0) is 22.7. The van der Waals surface area contributed by atoms with Gasteiger partial charge in [-0.05, 0) is 93.7 Å². The molecule has 0 fully saturated rings. The van der Waals surface area contributed by atoms with E-state index in [0.717, 1.165) is 51.3 Å². The number of benzene rings is 3. The van der Waals surface area contributed by atoms with E-state index in [2.05, 4.69) is 70.0 Å². The van der Waals surface area contributed by atoms with Gasteiger partial charge in [-0.2, -0.15) is 0 Å². The summed E-state index contributed by atoms with van der Waals surface area (Å²) < 4.78 is 2.27. The van der Waals surface area contributed by atoms with E-state index in [4.69, 9.17) is 9.97 Å². The molecular formula is C31H18N4. The van der Waals surface area contributed by atoms with Gasteiger partial charge < -0.3 is 0 Å². The maximum absolute atomic E-state index is 5.11. The molecule has 4 heterocycles. The molecule has 0 aliphatic heterocycles. The Morgan fingerprint density at radius 1 is 0.629 bits per heavy atom. The van der Waals surface area contributed by atoms with Gasteiger partial charge in [-0.1, -0.05) is 30.3 Å². The third-order valence-corrected chi connectivity index (χ3v) is 7.92. The second-order valence-corrected chi connectivity index (χ2v) is 9.74. The average molecular weight is 447 g/mol. The van der Waals surface area contributed by atoms with Crippen LogP contribution in [-0.4, -0.2) is 19.4 Å². The summed E-state index contributed by atoms with van der Waals surface area (Å²) in [5.41, 5.74) is 16.2. The first kappa shape index (κ1) is 17.8. The highest BCUT2D eigenvalue weighted by Crippen LogP contribution is 2.46. The molecule has 0 radical (unpaired) electrons. The molecule has 0 unspecified atom stereocenters. The van der Waals surface area contributed by atoms with E-state index < -0.39 is 0 Å². The second-order valence-electron chi connectivity index (χ2n) is 9.74. The molecule has 162 valence electrons. The molecule has 0 saturated carbocycles. The van der Waals surface area contributed by atoms with Crippen LogP contribution in [0.4, 0.5) is 0 Å². The van der Waals surface area contributed by atoms with E-state index in [9.17, 15) is 0 Å². The Kier molecular flexibility index (Phi) is 3.11. The van der Waals surface area contributed by atoms with Crippen LogP contribution in [0.2, 0.25) is 0 Å². The third-order valence-electron chi connectivity index (χ3n) is 7.92. The van der Waals surface area contributed by atoms with Gasteiger partial charge in [-0.25, -0.2) is 4.98 Å². The van der Waals surface area contributed by atoms with Crippen molar-refractivity contribution in [3.05, 3.63) is 108 Å². The first-order valence-corrected chi connectivity index (χ1v) is 12.0. The van der Waals surface area contributed by atoms with Crippen LogP contribution in [0.3, 0.4) is 0 Å². The predicted octanol–water partition coefficient (Wildman–Crippen LogP) is 6.73. The minimum Gasteiger partial charge on any atom is -0.290 e. The molecule has 0 saturated heterocycles. The van der Waals surface area contributed by atoms with Gasteiger partial charge in [-0.15, -0.1) is 0 Å². The fourth-order valence-corrected chi connectivity index (χ4v) is 6.39. The molecule has 0 bridgehead atoms. The topological polar surface area (TPSA) is 43.1 Å². The standard InChI is InChI=1S/C31H18N4/c1-2-5-21-17(4-1)10-18-13-24-19(12-23(18)21)11-20-14-27-29(15-25(20)24)35-28-7-9-32-16-26(28)22-6-3-8-33-30(22)31(35)34-27/h1-9,12-16H,10-11H2. The van der Waals surface area contributed by atoms with E-state index in [1.165, 1.54) is 44.5 Å². The largest absolute Gasteiger partial charge is 0.290 e. The monoisotopic (exact) mass is 446 g/mol. The van der Waals surface area contributed by atoms with Crippen molar-refractivity contribution < 1.29 is 0 Å². The Morgan fingerprint density at radius 2 is 1.43 bits per heavy atom. The van der Waals surface area contributed by atoms with E-state index in [1.54, 1.807) is 0 Å². The quantitative estimate of drug-likeness (QED) is 0.243. The average Bonchev–Trinajstić information content (AvgIpc) is 3.56. The molecule has 4 heteroatoms. The van der Waals surface area contributed by atoms with E-state index >= 15 is 0 Å². The summed E-state index contributed by atoms with van der Waals surface area (Å²) in [6.45, 7) is 0. The molecule has 0 N–H and O–H groups in total. The number of rotatable bonds is 0. The first-order valence-electron chi connectivity index (χ1n) is 12.0. The van der Waals surface area contributed by atoms with Gasteiger partial charge in [0, 0.05) is 29.4 Å². The lowest BCUT2D eigenvalue weighted by Gasteiger charge is -2.08. The minimum absolute atomic E-state index is 0.905. The fourth-order valence-electron chi connectivity index (χ4n) is 6.39. The van der Waals surface area contributed by atoms with Crippen molar-refractivity contribution in [2.24, 2.45) is 0 Å². The summed E-state index contributed by atoms with van der Waals surface area (Å²) in [5.74, 6) is 0. The Labute approximate surface area is 200 Å². The van der Waals surface area contributed by atoms with Crippen molar-refractivity contribution in [1.82, 2.24) is 19.4 Å². The molecule has 7 aromatic rings. The van der Waals surface area contributed by atoms with Gasteiger partial charge in [0.25, 0.3) is 0 Å². The van der Waals surface area contributed by atoms with Crippen molar-refractivity contribution in [1.29, 1.82) is 0 Å². The third kappa shape index (κ3) is 2.20. The lowest BCUT2D eigenvalue weighted by molar-refractivity contribution is 1.24. The molecule has 0 atom stereocenters. The van der Waals surface area contributed by atoms with E-state index in [-0.39, 0.29) is 0 Å². The highest BCUT2D eigenvalue weighted by atomic mass is 15.0. The molecule has 3 aromatic carbocycles. The summed E-state index contributed by atoms with van der Waals surface area (Å²) in [4.78, 5) is 14.2. The van der Waals surface area contributed by atoms with Gasteiger partial charge in [0.1, 0.15) is 5.52 Å². The molecule has 2 aliphatic carbocycles. The van der Waals surface area contributed by atoms with Crippen LogP contribution in [0.15, 0.2) is 85.3 Å². The maximum atomic E-state index is 5.11. The molecule has 0 amide bonds. The fraction of sp³-hybridized carbons (Fsp3) is 0.0645. The van der Waals surface area contributed by atoms with Crippen LogP contribution in [-0.2, 0) is 12.8 Å². The SMILES string of the molecule is c1ccc2c(c1)Cc1cc3c(cc1-2)Cc1cc2nc4c5ncccc5c5cnccc5n4c2cc1-3. The summed E-state index contributed by atoms with van der Waals surface area (Å²) in [6.07, 6.45) is 7.61. The van der Waals surface area contributed by atoms with Crippen molar-refractivity contribution in [2.45, 2.75) is 12.8 Å². The Balaban J connectivity index is 1.35. The van der Waals surface area contributed by atoms with Crippen molar-refractivity contribution >= 4 is 38.5 Å². The second kappa shape index (κ2) is 6.10. The Hall–Kier alpha value is -4.57. The summed E-state index contributed by atoms with van der Waals surface area (Å²) >= 11 is 0. The highest BCUT2D eigenvalue weighted by molar-refractivity contribution is 6.12. The smallest absolute Gasteiger partial charge is 0.165 e. The van der Waals surface area contributed by atoms with Crippen molar-refractivity contribution in [2.75, 3.05) is 0 Å². The Bertz CT molecular complexity index is 2070. The van der Waals surface area contributed by atoms with Gasteiger partial charge in [0.2, 0.25) is 0 Å². The number of nitrogens with zero attached hydrogens (tertiary/aromatic N) is 4. The number of fused-ring (bicyclic) bond motifs is 14. The zero-order valence-corrected chi connectivity index (χ0v) is 18.8. The van der Waals surface area contributed by atoms with Crippen LogP contribution in [0.1, 0.15) is 22.3 Å². The number of hydrogen-bond acceptors (Lipinski definition) is 3. The van der Waals surface area contributed by atoms with E-state index in [0.29, 0.717) is 0 Å². The number of aromatic nitrogens is 4. The van der Waals surface area contributed by atoms with Gasteiger partial charge in [0.15, 0.2) is 5.65 Å². The minimum atomic E-state index is 0.905. The van der Waals surface area contributed by atoms with Crippen LogP contribution in [0, 0.1) is 0 Å². The van der Waals surface area contributed by atoms with E-state index in [1.807, 2.05) is 24.7 Å². The predicted molar refractivity (Wildman–Crippen MR) is 140 cm³/mol. The van der Waals surface area contributed by atoms with Gasteiger partial charge in [-0.3, -0.25) is 14.4 Å². The summed E-state index contributed by atoms with van der Waals surface area (Å²) in [6, 6.07) is 24.5.